The highest BCUT2D eigenvalue weighted by atomic mass is 31.2. The van der Waals surface area contributed by atoms with E-state index in [1.807, 2.05) is 33.3 Å². The first-order valence-electron chi connectivity index (χ1n) is 35.3. The van der Waals surface area contributed by atoms with Crippen molar-refractivity contribution in [3.8, 4) is 0 Å². The highest BCUT2D eigenvalue weighted by molar-refractivity contribution is 7.45. The van der Waals surface area contributed by atoms with Crippen molar-refractivity contribution in [1.82, 2.24) is 5.32 Å². The summed E-state index contributed by atoms with van der Waals surface area (Å²) in [6.07, 6.45) is 75.5. The zero-order valence-corrected chi connectivity index (χ0v) is 55.7. The molecule has 1 amide bonds. The van der Waals surface area contributed by atoms with Crippen LogP contribution in [0, 0.1) is 0 Å². The van der Waals surface area contributed by atoms with Crippen LogP contribution in [0.15, 0.2) is 36.5 Å². The normalized spacial score (nSPS) is 13.7. The summed E-state index contributed by atoms with van der Waals surface area (Å²) < 4.78 is 30.4. The van der Waals surface area contributed by atoms with Crippen LogP contribution in [-0.2, 0) is 27.9 Å². The lowest BCUT2D eigenvalue weighted by atomic mass is 10.0. The second-order valence-electron chi connectivity index (χ2n) is 25.4. The second-order valence-corrected chi connectivity index (χ2v) is 26.8. The molecule has 0 radical (unpaired) electrons. The number of nitrogens with one attached hydrogen (secondary N) is 1. The van der Waals surface area contributed by atoms with Crippen molar-refractivity contribution in [3.05, 3.63) is 36.5 Å². The van der Waals surface area contributed by atoms with Crippen molar-refractivity contribution in [2.45, 2.75) is 367 Å². The summed E-state index contributed by atoms with van der Waals surface area (Å²) in [5.74, 6) is -0.520. The Morgan fingerprint density at radius 2 is 0.753 bits per heavy atom. The summed E-state index contributed by atoms with van der Waals surface area (Å²) in [5.41, 5.74) is 0. The van der Waals surface area contributed by atoms with Crippen molar-refractivity contribution in [1.29, 1.82) is 0 Å². The number of hydrogen-bond acceptors (Lipinski definition) is 7. The third-order valence-electron chi connectivity index (χ3n) is 16.1. The van der Waals surface area contributed by atoms with Gasteiger partial charge in [0.2, 0.25) is 5.91 Å². The first-order valence-corrected chi connectivity index (χ1v) is 36.8. The van der Waals surface area contributed by atoms with Crippen molar-refractivity contribution in [2.75, 3.05) is 40.9 Å². The van der Waals surface area contributed by atoms with E-state index in [4.69, 9.17) is 13.8 Å². The number of likely N-dealkylation sites (N-methyl/N-ethyl adjacent to an activating group) is 1. The number of hydrogen-bond donors (Lipinski definition) is 1. The number of nitrogens with zero attached hydrogens (tertiary/aromatic N) is 1. The van der Waals surface area contributed by atoms with E-state index < -0.39 is 20.0 Å². The number of phosphoric ester groups is 1. The van der Waals surface area contributed by atoms with Gasteiger partial charge in [0.05, 0.1) is 33.8 Å². The molecule has 0 saturated heterocycles. The van der Waals surface area contributed by atoms with Gasteiger partial charge < -0.3 is 28.5 Å². The van der Waals surface area contributed by atoms with Gasteiger partial charge in [0.25, 0.3) is 7.82 Å². The van der Waals surface area contributed by atoms with E-state index in [0.29, 0.717) is 17.4 Å². The molecule has 10 heteroatoms. The van der Waals surface area contributed by atoms with Gasteiger partial charge in [-0.15, -0.1) is 0 Å². The molecule has 0 aliphatic carbocycles. The van der Waals surface area contributed by atoms with E-state index in [1.54, 1.807) is 0 Å². The van der Waals surface area contributed by atoms with Crippen LogP contribution in [0.4, 0.5) is 0 Å². The number of rotatable bonds is 65. The molecule has 0 rings (SSSR count). The molecule has 0 aromatic heterocycles. The Morgan fingerprint density at radius 1 is 0.432 bits per heavy atom. The van der Waals surface area contributed by atoms with Crippen molar-refractivity contribution in [3.63, 3.8) is 0 Å². The number of carbonyl (C=O) groups is 2. The molecule has 1 N–H and O–H groups in total. The largest absolute Gasteiger partial charge is 0.756 e. The van der Waals surface area contributed by atoms with E-state index >= 15 is 0 Å². The van der Waals surface area contributed by atoms with Gasteiger partial charge in [-0.2, -0.15) is 0 Å². The number of allylic oxidation sites excluding steroid dienone is 5. The summed E-state index contributed by atoms with van der Waals surface area (Å²) in [6.45, 7) is 6.88. The van der Waals surface area contributed by atoms with E-state index in [-0.39, 0.29) is 31.5 Å². The molecule has 81 heavy (non-hydrogen) atoms. The fourth-order valence-electron chi connectivity index (χ4n) is 10.6. The molecule has 0 saturated carbocycles. The average Bonchev–Trinajstić information content (AvgIpc) is 3.44. The monoisotopic (exact) mass is 1160 g/mol. The molecule has 0 heterocycles. The van der Waals surface area contributed by atoms with Crippen LogP contribution < -0.4 is 10.2 Å². The highest BCUT2D eigenvalue weighted by Gasteiger charge is 2.27. The van der Waals surface area contributed by atoms with E-state index in [9.17, 15) is 19.0 Å². The fraction of sp³-hybridized carbons (Fsp3) is 0.887. The van der Waals surface area contributed by atoms with Crippen LogP contribution in [0.25, 0.3) is 0 Å². The molecular formula is C71H137N2O7P. The van der Waals surface area contributed by atoms with E-state index in [1.165, 1.54) is 257 Å². The highest BCUT2D eigenvalue weighted by Crippen LogP contribution is 2.38. The maximum Gasteiger partial charge on any atom is 0.306 e. The first-order chi connectivity index (χ1) is 39.4. The van der Waals surface area contributed by atoms with E-state index in [0.717, 1.165) is 64.2 Å². The number of unbranched alkanes of at least 4 members (excludes halogenated alkanes) is 45. The number of amides is 1. The lowest BCUT2D eigenvalue weighted by Gasteiger charge is -2.30. The van der Waals surface area contributed by atoms with Crippen molar-refractivity contribution >= 4 is 19.7 Å². The Balaban J connectivity index is 4.99. The van der Waals surface area contributed by atoms with Crippen LogP contribution in [-0.4, -0.2) is 69.4 Å². The van der Waals surface area contributed by atoms with Crippen LogP contribution in [0.3, 0.4) is 0 Å². The summed E-state index contributed by atoms with van der Waals surface area (Å²) in [5, 5.41) is 3.05. The molecule has 0 aliphatic heterocycles. The summed E-state index contributed by atoms with van der Waals surface area (Å²) >= 11 is 0. The summed E-state index contributed by atoms with van der Waals surface area (Å²) in [4.78, 5) is 40.1. The van der Waals surface area contributed by atoms with Gasteiger partial charge in [0, 0.05) is 12.8 Å². The molecule has 0 aliphatic rings. The molecule has 3 unspecified atom stereocenters. The van der Waals surface area contributed by atoms with Crippen molar-refractivity contribution in [2.24, 2.45) is 0 Å². The molecule has 9 nitrogen and oxygen atoms in total. The van der Waals surface area contributed by atoms with Crippen LogP contribution >= 0.6 is 7.82 Å². The van der Waals surface area contributed by atoms with Gasteiger partial charge in [-0.25, -0.2) is 0 Å². The molecule has 0 spiro atoms. The molecule has 0 aromatic carbocycles. The smallest absolute Gasteiger partial charge is 0.306 e. The third kappa shape index (κ3) is 62.6. The molecule has 0 aromatic rings. The maximum absolute atomic E-state index is 13.6. The standard InChI is InChI=1S/C71H137N2O7P/c1-7-10-13-16-19-22-25-28-30-31-32-33-34-35-36-37-38-39-40-41-43-45-48-51-54-57-60-63-70(74)72-68(67-79-81(76,77)78-66-65-73(4,5)6)69(62-59-56-53-50-47-44-27-24-21-18-15-12-9-3)80-71(75)64-61-58-55-52-49-46-42-29-26-23-20-17-14-11-8-2/h19,22,28,30,59,62,68-69H,7-18,20-21,23-27,29,31-58,60-61,63-67H2,1-6H3,(H-,72,74,76,77)/b22-19-,30-28-,62-59-. The fourth-order valence-corrected chi connectivity index (χ4v) is 11.3. The van der Waals surface area contributed by atoms with Crippen LogP contribution in [0.1, 0.15) is 355 Å². The molecule has 3 atom stereocenters. The second kappa shape index (κ2) is 61.3. The number of ether oxygens (including phenoxy) is 1. The number of quaternary nitrogens is 1. The SMILES string of the molecule is CCCCC/C=C\C/C=C\CCCCCCCCCCCCCCCCCCCC(=O)NC(COP(=O)([O-])OCC[N+](C)(C)C)C(/C=C\CCCCCCCCCCCCC)OC(=O)CCCCCCCCCCCCCCCCC. The van der Waals surface area contributed by atoms with Crippen molar-refractivity contribution < 1.29 is 37.3 Å². The van der Waals surface area contributed by atoms with Gasteiger partial charge in [0.15, 0.2) is 0 Å². The summed E-state index contributed by atoms with van der Waals surface area (Å²) in [6, 6.07) is -0.884. The predicted octanol–water partition coefficient (Wildman–Crippen LogP) is 21.6. The van der Waals surface area contributed by atoms with Gasteiger partial charge in [-0.3, -0.25) is 14.2 Å². The Bertz CT molecular complexity index is 1480. The first kappa shape index (κ1) is 79.2. The zero-order chi connectivity index (χ0) is 59.3. The van der Waals surface area contributed by atoms with E-state index in [2.05, 4.69) is 50.4 Å². The Morgan fingerprint density at radius 3 is 1.14 bits per heavy atom. The maximum atomic E-state index is 13.6. The molecule has 478 valence electrons. The third-order valence-corrected chi connectivity index (χ3v) is 17.0. The predicted molar refractivity (Wildman–Crippen MR) is 349 cm³/mol. The zero-order valence-electron chi connectivity index (χ0n) is 54.8. The minimum absolute atomic E-state index is 0.0186. The molecule has 0 bridgehead atoms. The van der Waals surface area contributed by atoms with Gasteiger partial charge in [0.1, 0.15) is 19.3 Å². The van der Waals surface area contributed by atoms with Crippen LogP contribution in [0.5, 0.6) is 0 Å². The number of phosphoric acid groups is 1. The number of esters is 1. The summed E-state index contributed by atoms with van der Waals surface area (Å²) in [7, 11) is 1.20. The lowest BCUT2D eigenvalue weighted by molar-refractivity contribution is -0.870. The topological polar surface area (TPSA) is 114 Å². The quantitative estimate of drug-likeness (QED) is 0.0212. The molecule has 0 fully saturated rings. The van der Waals surface area contributed by atoms with Gasteiger partial charge in [-0.1, -0.05) is 314 Å². The lowest BCUT2D eigenvalue weighted by Crippen LogP contribution is -2.47. The molecular weight excluding hydrogens is 1020 g/mol. The Hall–Kier alpha value is -1.77. The Kier molecular flexibility index (Phi) is 60.0. The van der Waals surface area contributed by atoms with Crippen LogP contribution in [0.2, 0.25) is 0 Å². The average molecular weight is 1160 g/mol. The number of carbonyl (C=O) groups excluding carboxylic acids is 2. The Labute approximate surface area is 504 Å². The van der Waals surface area contributed by atoms with Gasteiger partial charge >= 0.3 is 5.97 Å². The minimum Gasteiger partial charge on any atom is -0.756 e. The minimum atomic E-state index is -4.70. The van der Waals surface area contributed by atoms with Gasteiger partial charge in [-0.05, 0) is 63.9 Å².